The molecule has 1 aliphatic rings. The van der Waals surface area contributed by atoms with E-state index in [1.165, 1.54) is 5.56 Å². The molecule has 214 valence electrons. The number of aromatic hydroxyl groups is 1. The van der Waals surface area contributed by atoms with Crippen molar-refractivity contribution >= 4 is 27.8 Å². The Kier molecular flexibility index (Phi) is 8.93. The van der Waals surface area contributed by atoms with Crippen LogP contribution >= 0.6 is 16.1 Å². The van der Waals surface area contributed by atoms with Crippen molar-refractivity contribution in [1.82, 2.24) is 14.5 Å². The fourth-order valence-electron chi connectivity index (χ4n) is 5.85. The lowest BCUT2D eigenvalue weighted by Crippen LogP contribution is -2.33. The van der Waals surface area contributed by atoms with E-state index < -0.39 is 0 Å². The Hall–Kier alpha value is -2.93. The van der Waals surface area contributed by atoms with Crippen molar-refractivity contribution in [2.24, 2.45) is 9.94 Å². The van der Waals surface area contributed by atoms with E-state index in [4.69, 9.17) is 0 Å². The fraction of sp³-hybridized carbons (Fsp3) is 0.485. The molecule has 0 radical (unpaired) electrons. The highest BCUT2D eigenvalue weighted by molar-refractivity contribution is 9.08. The van der Waals surface area contributed by atoms with Gasteiger partial charge in [0.1, 0.15) is 11.6 Å². The summed E-state index contributed by atoms with van der Waals surface area (Å²) in [6.07, 6.45) is 5.92. The van der Waals surface area contributed by atoms with Gasteiger partial charge in [-0.1, -0.05) is 85.2 Å². The number of hydrogen-bond donors (Lipinski definition) is 1. The van der Waals surface area contributed by atoms with Gasteiger partial charge in [-0.25, -0.2) is 4.98 Å². The Bertz CT molecular complexity index is 1330. The average Bonchev–Trinajstić information content (AvgIpc) is 3.46. The van der Waals surface area contributed by atoms with Gasteiger partial charge in [0.15, 0.2) is 5.78 Å². The predicted octanol–water partition coefficient (Wildman–Crippen LogP) is 7.64. The minimum absolute atomic E-state index is 0.0262. The summed E-state index contributed by atoms with van der Waals surface area (Å²) in [6, 6.07) is 14.1. The molecule has 2 atom stereocenters. The van der Waals surface area contributed by atoms with Crippen molar-refractivity contribution in [2.75, 3.05) is 13.1 Å². The summed E-state index contributed by atoms with van der Waals surface area (Å²) in [5.41, 5.74) is 3.95. The Morgan fingerprint density at radius 2 is 1.70 bits per heavy atom. The topological polar surface area (TPSA) is 70.7 Å². The zero-order chi connectivity index (χ0) is 29.2. The smallest absolute Gasteiger partial charge is 0.182 e. The third kappa shape index (κ3) is 6.35. The van der Waals surface area contributed by atoms with Crippen LogP contribution in [0.15, 0.2) is 59.0 Å². The Labute approximate surface area is 247 Å². The van der Waals surface area contributed by atoms with Crippen molar-refractivity contribution in [1.29, 1.82) is 0 Å². The molecule has 1 fully saturated rings. The zero-order valence-electron chi connectivity index (χ0n) is 24.9. The second-order valence-corrected chi connectivity index (χ2v) is 13.5. The first-order valence-corrected chi connectivity index (χ1v) is 14.9. The summed E-state index contributed by atoms with van der Waals surface area (Å²) < 4.78 is 6.79. The van der Waals surface area contributed by atoms with Crippen LogP contribution < -0.4 is 0 Å². The van der Waals surface area contributed by atoms with E-state index in [-0.39, 0.29) is 34.8 Å². The summed E-state index contributed by atoms with van der Waals surface area (Å²) in [7, 11) is 0. The molecule has 1 aliphatic heterocycles. The van der Waals surface area contributed by atoms with Gasteiger partial charge in [-0.3, -0.25) is 4.79 Å². The molecule has 7 heteroatoms. The first kappa shape index (κ1) is 30.0. The lowest BCUT2D eigenvalue weighted by molar-refractivity contribution is 0.0963. The van der Waals surface area contributed by atoms with E-state index in [1.807, 2.05) is 30.7 Å². The van der Waals surface area contributed by atoms with Gasteiger partial charge in [-0.2, -0.15) is 4.02 Å². The van der Waals surface area contributed by atoms with Crippen molar-refractivity contribution in [2.45, 2.75) is 84.6 Å². The molecule has 0 amide bonds. The molecular formula is C33H43BrN4O2. The van der Waals surface area contributed by atoms with Gasteiger partial charge in [0.05, 0.1) is 34.9 Å². The van der Waals surface area contributed by atoms with E-state index in [2.05, 4.69) is 107 Å². The van der Waals surface area contributed by atoms with Gasteiger partial charge in [0.25, 0.3) is 0 Å². The Morgan fingerprint density at radius 3 is 2.25 bits per heavy atom. The third-order valence-electron chi connectivity index (χ3n) is 7.92. The number of halogens is 1. The summed E-state index contributed by atoms with van der Waals surface area (Å²) >= 11 is 3.42. The number of nitrogens with zero attached hydrogens (tertiary/aromatic N) is 4. The largest absolute Gasteiger partial charge is 0.507 e. The highest BCUT2D eigenvalue weighted by Gasteiger charge is 2.41. The van der Waals surface area contributed by atoms with Gasteiger partial charge >= 0.3 is 0 Å². The molecule has 1 saturated heterocycles. The molecule has 3 aromatic rings. The van der Waals surface area contributed by atoms with Gasteiger partial charge in [0.2, 0.25) is 0 Å². The SMILES string of the molecule is CCC[C@H]1CN(CC(=O)c2cc(C(C)(C)C)c(O)c(C(C)(C)C)c2)/C(=N\Br)[C@@H]1c1cncn1Cc1ccccc1. The molecule has 1 aromatic heterocycles. The van der Waals surface area contributed by atoms with Crippen LogP contribution in [0.1, 0.15) is 100.0 Å². The van der Waals surface area contributed by atoms with Gasteiger partial charge < -0.3 is 14.6 Å². The molecule has 0 unspecified atom stereocenters. The molecule has 0 spiro atoms. The number of phenols is 1. The van der Waals surface area contributed by atoms with Crippen molar-refractivity contribution in [3.8, 4) is 5.75 Å². The van der Waals surface area contributed by atoms with E-state index in [9.17, 15) is 9.90 Å². The van der Waals surface area contributed by atoms with E-state index in [1.54, 1.807) is 0 Å². The maximum absolute atomic E-state index is 13.9. The normalized spacial score (nSPS) is 19.0. The molecule has 6 nitrogen and oxygen atoms in total. The second-order valence-electron chi connectivity index (χ2n) is 13.1. The Balaban J connectivity index is 1.67. The van der Waals surface area contributed by atoms with Crippen LogP contribution in [0.2, 0.25) is 0 Å². The highest BCUT2D eigenvalue weighted by atomic mass is 79.9. The number of carbonyl (C=O) groups is 1. The number of benzene rings is 2. The van der Waals surface area contributed by atoms with Gasteiger partial charge in [0, 0.05) is 41.7 Å². The number of amidine groups is 1. The van der Waals surface area contributed by atoms with E-state index >= 15 is 0 Å². The quantitative estimate of drug-likeness (QED) is 0.267. The first-order valence-electron chi connectivity index (χ1n) is 14.2. The molecule has 2 aromatic carbocycles. The lowest BCUT2D eigenvalue weighted by Gasteiger charge is -2.28. The van der Waals surface area contributed by atoms with Crippen LogP contribution in [0.3, 0.4) is 0 Å². The van der Waals surface area contributed by atoms with Gasteiger partial charge in [-0.05, 0) is 40.9 Å². The second kappa shape index (κ2) is 11.9. The van der Waals surface area contributed by atoms with Crippen LogP contribution in [0, 0.1) is 5.92 Å². The summed E-state index contributed by atoms with van der Waals surface area (Å²) in [5, 5.41) is 11.1. The minimum Gasteiger partial charge on any atom is -0.507 e. The number of aromatic nitrogens is 2. The number of rotatable bonds is 8. The van der Waals surface area contributed by atoms with Crippen molar-refractivity contribution in [3.63, 3.8) is 0 Å². The third-order valence-corrected chi connectivity index (χ3v) is 8.28. The number of ketones is 1. The summed E-state index contributed by atoms with van der Waals surface area (Å²) in [5.74, 6) is 1.53. The standard InChI is InChI=1S/C33H43BrN4O2/c1-8-12-23-19-37(20-28(39)24-15-25(32(2,3)4)30(40)26(16-24)33(5,6)7)31(36-34)29(23)27-17-35-21-38(27)18-22-13-10-9-11-14-22/h9-11,13-17,21,23,29,40H,8,12,18-20H2,1-7H3/b36-31-/t23-,29-/m0/s1. The molecule has 0 aliphatic carbocycles. The Morgan fingerprint density at radius 1 is 1.07 bits per heavy atom. The maximum Gasteiger partial charge on any atom is 0.182 e. The molecule has 40 heavy (non-hydrogen) atoms. The zero-order valence-corrected chi connectivity index (χ0v) is 26.5. The number of imidazole rings is 1. The molecule has 2 heterocycles. The highest BCUT2D eigenvalue weighted by Crippen LogP contribution is 2.41. The number of phenolic OH excluding ortho intramolecular Hbond substituents is 1. The number of carbonyl (C=O) groups excluding carboxylic acids is 1. The molecular weight excluding hydrogens is 564 g/mol. The van der Waals surface area contributed by atoms with Crippen molar-refractivity contribution < 1.29 is 9.90 Å². The molecule has 0 bridgehead atoms. The van der Waals surface area contributed by atoms with E-state index in [0.29, 0.717) is 11.5 Å². The van der Waals surface area contributed by atoms with Gasteiger partial charge in [-0.15, -0.1) is 0 Å². The predicted molar refractivity (Wildman–Crippen MR) is 167 cm³/mol. The maximum atomic E-state index is 13.9. The number of Topliss-reactive ketones (excluding diaryl/α,β-unsaturated/α-hetero) is 1. The average molecular weight is 608 g/mol. The summed E-state index contributed by atoms with van der Waals surface area (Å²) in [6.45, 7) is 16.3. The number of likely N-dealkylation sites (tertiary alicyclic amines) is 1. The monoisotopic (exact) mass is 606 g/mol. The summed E-state index contributed by atoms with van der Waals surface area (Å²) in [4.78, 5) is 20.5. The lowest BCUT2D eigenvalue weighted by atomic mass is 9.78. The minimum atomic E-state index is -0.301. The molecule has 0 saturated carbocycles. The van der Waals surface area contributed by atoms with E-state index in [0.717, 1.165) is 48.6 Å². The van der Waals surface area contributed by atoms with Crippen LogP contribution in [0.5, 0.6) is 5.75 Å². The molecule has 4 rings (SSSR count). The number of hydrogen-bond acceptors (Lipinski definition) is 4. The first-order chi connectivity index (χ1) is 18.8. The van der Waals surface area contributed by atoms with Crippen LogP contribution in [0.25, 0.3) is 0 Å². The van der Waals surface area contributed by atoms with Crippen molar-refractivity contribution in [3.05, 3.63) is 82.9 Å². The molecule has 1 N–H and O–H groups in total. The van der Waals surface area contributed by atoms with Crippen LogP contribution in [-0.4, -0.2) is 44.3 Å². The van der Waals surface area contributed by atoms with Crippen LogP contribution in [0.4, 0.5) is 0 Å². The fourth-order valence-corrected chi connectivity index (χ4v) is 6.29. The van der Waals surface area contributed by atoms with Crippen LogP contribution in [-0.2, 0) is 17.4 Å².